The first kappa shape index (κ1) is 20.7. The zero-order chi connectivity index (χ0) is 21.1. The van der Waals surface area contributed by atoms with E-state index in [0.29, 0.717) is 17.0 Å². The summed E-state index contributed by atoms with van der Waals surface area (Å²) in [6.45, 7) is 0. The van der Waals surface area contributed by atoms with Crippen LogP contribution in [-0.2, 0) is 14.4 Å². The van der Waals surface area contributed by atoms with Crippen LogP contribution in [0.3, 0.4) is 0 Å². The minimum absolute atomic E-state index is 0.0737. The summed E-state index contributed by atoms with van der Waals surface area (Å²) in [5.41, 5.74) is 1.22. The minimum Gasteiger partial charge on any atom is -0.497 e. The second-order valence-electron chi connectivity index (χ2n) is 6.13. The van der Waals surface area contributed by atoms with Gasteiger partial charge in [0, 0.05) is 11.8 Å². The molecule has 1 amide bonds. The molecule has 0 saturated carbocycles. The van der Waals surface area contributed by atoms with Gasteiger partial charge in [-0.3, -0.25) is 14.5 Å². The summed E-state index contributed by atoms with van der Waals surface area (Å²) in [4.78, 5) is 40.8. The molecule has 2 aromatic rings. The Morgan fingerprint density at radius 3 is 2.72 bits per heavy atom. The zero-order valence-electron chi connectivity index (χ0n) is 15.2. The van der Waals surface area contributed by atoms with Crippen molar-refractivity contribution in [3.8, 4) is 5.75 Å². The highest BCUT2D eigenvalue weighted by Crippen LogP contribution is 2.35. The molecule has 150 valence electrons. The number of fused-ring (bicyclic) bond motifs is 1. The maximum Gasteiger partial charge on any atom is 0.326 e. The summed E-state index contributed by atoms with van der Waals surface area (Å²) in [6, 6.07) is 7.65. The molecule has 29 heavy (non-hydrogen) atoms. The molecule has 0 aliphatic carbocycles. The monoisotopic (exact) mass is 432 g/mol. The summed E-state index contributed by atoms with van der Waals surface area (Å²) >= 11 is 6.14. The van der Waals surface area contributed by atoms with Crippen molar-refractivity contribution >= 4 is 63.1 Å². The molecule has 2 heterocycles. The molecule has 1 atom stereocenters. The maximum atomic E-state index is 12.8. The molecule has 1 aromatic heterocycles. The van der Waals surface area contributed by atoms with Gasteiger partial charge in [-0.15, -0.1) is 0 Å². The number of carboxylic acids is 2. The molecule has 0 bridgehead atoms. The second kappa shape index (κ2) is 8.58. The molecule has 10 heteroatoms. The average Bonchev–Trinajstić information content (AvgIpc) is 2.95. The molecular weight excluding hydrogens is 416 g/mol. The summed E-state index contributed by atoms with van der Waals surface area (Å²) < 4.78 is 5.26. The number of carboxylic acid groups (broad SMARTS) is 2. The van der Waals surface area contributed by atoms with E-state index in [2.05, 4.69) is 4.98 Å². The fourth-order valence-electron chi connectivity index (χ4n) is 2.83. The smallest absolute Gasteiger partial charge is 0.326 e. The predicted octanol–water partition coefficient (Wildman–Crippen LogP) is 2.76. The summed E-state index contributed by atoms with van der Waals surface area (Å²) in [5, 5.41) is 19.1. The molecule has 8 nitrogen and oxygen atoms in total. The lowest BCUT2D eigenvalue weighted by Crippen LogP contribution is -2.44. The van der Waals surface area contributed by atoms with Gasteiger partial charge in [-0.1, -0.05) is 30.0 Å². The van der Waals surface area contributed by atoms with Crippen molar-refractivity contribution < 1.29 is 29.3 Å². The average molecular weight is 432 g/mol. The largest absolute Gasteiger partial charge is 0.497 e. The SMILES string of the molecule is COc1ccc2nc(C=C3SC(=S)N(C(CCC(=O)O)C(=O)O)C3=O)ccc2c1. The van der Waals surface area contributed by atoms with Gasteiger partial charge in [-0.25, -0.2) is 9.78 Å². The number of rotatable bonds is 7. The number of nitrogens with zero attached hydrogens (tertiary/aromatic N) is 2. The molecule has 1 aliphatic rings. The van der Waals surface area contributed by atoms with Crippen LogP contribution in [0.5, 0.6) is 5.75 Å². The standard InChI is InChI=1S/C19H16N2O6S2/c1-27-12-4-5-13-10(8-12)2-3-11(20-13)9-15-17(24)21(19(28)29-15)14(18(25)26)6-7-16(22)23/h2-5,8-9,14H,6-7H2,1H3,(H,22,23)(H,25,26). The molecule has 2 N–H and O–H groups in total. The molecule has 1 fully saturated rings. The molecule has 3 rings (SSSR count). The van der Waals surface area contributed by atoms with Crippen LogP contribution in [0.15, 0.2) is 35.2 Å². The van der Waals surface area contributed by atoms with Crippen LogP contribution < -0.4 is 4.74 Å². The Morgan fingerprint density at radius 1 is 1.31 bits per heavy atom. The van der Waals surface area contributed by atoms with E-state index >= 15 is 0 Å². The number of amides is 1. The number of carbonyl (C=O) groups is 3. The van der Waals surface area contributed by atoms with Crippen molar-refractivity contribution in [3.63, 3.8) is 0 Å². The Balaban J connectivity index is 1.87. The van der Waals surface area contributed by atoms with Crippen molar-refractivity contribution in [3.05, 3.63) is 40.9 Å². The van der Waals surface area contributed by atoms with Crippen molar-refractivity contribution in [1.82, 2.24) is 9.88 Å². The Bertz CT molecular complexity index is 1050. The third-order valence-electron chi connectivity index (χ3n) is 4.25. The van der Waals surface area contributed by atoms with E-state index in [9.17, 15) is 19.5 Å². The van der Waals surface area contributed by atoms with Crippen molar-refractivity contribution in [2.75, 3.05) is 7.11 Å². The van der Waals surface area contributed by atoms with Crippen molar-refractivity contribution in [2.45, 2.75) is 18.9 Å². The number of hydrogen-bond acceptors (Lipinski definition) is 7. The number of thioether (sulfide) groups is 1. The topological polar surface area (TPSA) is 117 Å². The Morgan fingerprint density at radius 2 is 2.07 bits per heavy atom. The van der Waals surface area contributed by atoms with Gasteiger partial charge in [0.05, 0.1) is 23.2 Å². The van der Waals surface area contributed by atoms with Gasteiger partial charge in [0.1, 0.15) is 16.1 Å². The summed E-state index contributed by atoms with van der Waals surface area (Å²) in [5.74, 6) is -2.32. The number of pyridine rings is 1. The van der Waals surface area contributed by atoms with Crippen LogP contribution in [0.4, 0.5) is 0 Å². The Hall–Kier alpha value is -2.98. The number of aliphatic carboxylic acids is 2. The van der Waals surface area contributed by atoms with Crippen LogP contribution in [0.25, 0.3) is 17.0 Å². The zero-order valence-corrected chi connectivity index (χ0v) is 16.8. The first-order chi connectivity index (χ1) is 13.8. The molecule has 1 aliphatic heterocycles. The molecule has 1 unspecified atom stereocenters. The number of methoxy groups -OCH3 is 1. The van der Waals surface area contributed by atoms with Crippen molar-refractivity contribution in [2.24, 2.45) is 0 Å². The first-order valence-corrected chi connectivity index (χ1v) is 9.69. The fourth-order valence-corrected chi connectivity index (χ4v) is 4.17. The number of thiocarbonyl (C=S) groups is 1. The van der Waals surface area contributed by atoms with Gasteiger partial charge in [0.15, 0.2) is 0 Å². The predicted molar refractivity (Wildman–Crippen MR) is 112 cm³/mol. The Kier molecular flexibility index (Phi) is 6.14. The van der Waals surface area contributed by atoms with E-state index in [1.165, 1.54) is 0 Å². The van der Waals surface area contributed by atoms with E-state index in [1.54, 1.807) is 31.4 Å². The maximum absolute atomic E-state index is 12.8. The van der Waals surface area contributed by atoms with E-state index in [0.717, 1.165) is 22.0 Å². The van der Waals surface area contributed by atoms with Crippen molar-refractivity contribution in [1.29, 1.82) is 0 Å². The normalized spacial score (nSPS) is 16.4. The second-order valence-corrected chi connectivity index (χ2v) is 7.81. The van der Waals surface area contributed by atoms with E-state index < -0.39 is 23.9 Å². The highest BCUT2D eigenvalue weighted by atomic mass is 32.2. The van der Waals surface area contributed by atoms with E-state index in [1.807, 2.05) is 12.1 Å². The lowest BCUT2D eigenvalue weighted by Gasteiger charge is -2.22. The van der Waals surface area contributed by atoms with Gasteiger partial charge in [-0.2, -0.15) is 0 Å². The van der Waals surface area contributed by atoms with Gasteiger partial charge in [-0.05, 0) is 36.8 Å². The van der Waals surface area contributed by atoms with Crippen LogP contribution in [0, 0.1) is 0 Å². The Labute approximate surface area is 175 Å². The number of benzene rings is 1. The first-order valence-electron chi connectivity index (χ1n) is 8.46. The van der Waals surface area contributed by atoms with Gasteiger partial charge < -0.3 is 14.9 Å². The molecule has 1 aromatic carbocycles. The van der Waals surface area contributed by atoms with Gasteiger partial charge >= 0.3 is 11.9 Å². The van der Waals surface area contributed by atoms with Crippen LogP contribution in [-0.4, -0.2) is 55.4 Å². The number of carbonyl (C=O) groups excluding carboxylic acids is 1. The van der Waals surface area contributed by atoms with E-state index in [4.69, 9.17) is 22.1 Å². The summed E-state index contributed by atoms with van der Waals surface area (Å²) in [6.07, 6.45) is 0.919. The van der Waals surface area contributed by atoms with E-state index in [-0.39, 0.29) is 22.1 Å². The quantitative estimate of drug-likeness (QED) is 0.503. The van der Waals surface area contributed by atoms with Crippen LogP contribution >= 0.6 is 24.0 Å². The highest BCUT2D eigenvalue weighted by molar-refractivity contribution is 8.26. The fraction of sp³-hybridized carbons (Fsp3) is 0.211. The van der Waals surface area contributed by atoms with Gasteiger partial charge in [0.25, 0.3) is 5.91 Å². The number of hydrogen-bond donors (Lipinski definition) is 2. The molecular formula is C19H16N2O6S2. The number of aromatic nitrogens is 1. The molecule has 0 radical (unpaired) electrons. The van der Waals surface area contributed by atoms with Crippen LogP contribution in [0.1, 0.15) is 18.5 Å². The lowest BCUT2D eigenvalue weighted by molar-refractivity contribution is -0.146. The summed E-state index contributed by atoms with van der Waals surface area (Å²) in [7, 11) is 1.58. The lowest BCUT2D eigenvalue weighted by atomic mass is 10.1. The third kappa shape index (κ3) is 4.54. The third-order valence-corrected chi connectivity index (χ3v) is 5.58. The van der Waals surface area contributed by atoms with Crippen LogP contribution in [0.2, 0.25) is 0 Å². The highest BCUT2D eigenvalue weighted by Gasteiger charge is 2.40. The molecule has 1 saturated heterocycles. The van der Waals surface area contributed by atoms with Gasteiger partial charge in [0.2, 0.25) is 0 Å². The minimum atomic E-state index is -1.33. The molecule has 0 spiro atoms. The number of ether oxygens (including phenoxy) is 1.